The maximum atomic E-state index is 12.7. The molecule has 0 bridgehead atoms. The number of hydrogen-bond acceptors (Lipinski definition) is 5. The molecule has 5 nitrogen and oxygen atoms in total. The number of allylic oxidation sites excluding steroid dienone is 8. The number of rotatable bonds is 46. The lowest BCUT2D eigenvalue weighted by Gasteiger charge is -2.18. The maximum absolute atomic E-state index is 12.7. The van der Waals surface area contributed by atoms with Crippen molar-refractivity contribution in [3.05, 3.63) is 48.6 Å². The van der Waals surface area contributed by atoms with Crippen LogP contribution in [0, 0.1) is 0 Å². The van der Waals surface area contributed by atoms with Crippen LogP contribution in [0.25, 0.3) is 0 Å². The molecule has 338 valence electrons. The molecular formula is C53H96O5. The summed E-state index contributed by atoms with van der Waals surface area (Å²) in [7, 11) is 0. The minimum absolute atomic E-state index is 0.0819. The van der Waals surface area contributed by atoms with Gasteiger partial charge in [0, 0.05) is 19.4 Å². The van der Waals surface area contributed by atoms with Crippen molar-refractivity contribution in [3.8, 4) is 0 Å². The topological polar surface area (TPSA) is 61.8 Å². The van der Waals surface area contributed by atoms with Crippen molar-refractivity contribution < 1.29 is 23.8 Å². The highest BCUT2D eigenvalue weighted by molar-refractivity contribution is 5.70. The first kappa shape index (κ1) is 55.9. The van der Waals surface area contributed by atoms with Gasteiger partial charge in [-0.3, -0.25) is 9.59 Å². The van der Waals surface area contributed by atoms with Crippen LogP contribution >= 0.6 is 0 Å². The molecule has 0 saturated heterocycles. The normalized spacial score (nSPS) is 12.5. The second kappa shape index (κ2) is 49.2. The monoisotopic (exact) mass is 813 g/mol. The Bertz CT molecular complexity index is 966. The Morgan fingerprint density at radius 1 is 0.397 bits per heavy atom. The van der Waals surface area contributed by atoms with E-state index in [0.29, 0.717) is 19.4 Å². The molecular weight excluding hydrogens is 717 g/mol. The molecule has 1 atom stereocenters. The zero-order chi connectivity index (χ0) is 42.1. The van der Waals surface area contributed by atoms with Crippen LogP contribution in [-0.2, 0) is 23.8 Å². The van der Waals surface area contributed by atoms with Crippen LogP contribution in [0.5, 0.6) is 0 Å². The van der Waals surface area contributed by atoms with Crippen molar-refractivity contribution in [2.75, 3.05) is 19.8 Å². The fourth-order valence-electron chi connectivity index (χ4n) is 7.09. The molecule has 0 aromatic carbocycles. The number of esters is 2. The van der Waals surface area contributed by atoms with E-state index in [9.17, 15) is 9.59 Å². The molecule has 0 aromatic rings. The highest BCUT2D eigenvalue weighted by Crippen LogP contribution is 2.15. The largest absolute Gasteiger partial charge is 0.462 e. The van der Waals surface area contributed by atoms with Crippen LogP contribution in [0.4, 0.5) is 0 Å². The van der Waals surface area contributed by atoms with Crippen molar-refractivity contribution >= 4 is 11.9 Å². The van der Waals surface area contributed by atoms with Gasteiger partial charge in [-0.25, -0.2) is 0 Å². The first-order chi connectivity index (χ1) is 28.6. The van der Waals surface area contributed by atoms with Crippen molar-refractivity contribution in [2.45, 2.75) is 258 Å². The third-order valence-corrected chi connectivity index (χ3v) is 10.8. The molecule has 0 amide bonds. The Kier molecular flexibility index (Phi) is 47.4. The minimum atomic E-state index is -0.540. The van der Waals surface area contributed by atoms with E-state index in [-0.39, 0.29) is 25.2 Å². The van der Waals surface area contributed by atoms with Gasteiger partial charge in [-0.05, 0) is 70.6 Å². The van der Waals surface area contributed by atoms with Gasteiger partial charge in [0.15, 0.2) is 6.10 Å². The zero-order valence-electron chi connectivity index (χ0n) is 38.8. The summed E-state index contributed by atoms with van der Waals surface area (Å²) >= 11 is 0. The second-order valence-corrected chi connectivity index (χ2v) is 16.7. The van der Waals surface area contributed by atoms with Crippen molar-refractivity contribution in [1.82, 2.24) is 0 Å². The van der Waals surface area contributed by atoms with Crippen LogP contribution in [-0.4, -0.2) is 37.9 Å². The standard InChI is InChI=1S/C53H96O5/c1-4-7-10-13-16-19-22-24-25-26-27-28-30-33-36-39-42-45-48-56-49-51(58-53(55)47-44-41-38-35-31-21-18-15-12-9-6-3)50-57-52(54)46-43-40-37-34-32-29-23-20-17-14-11-8-5-2/h7,10,15-16,18-19,24-25,51H,4-6,8-9,11-14,17,20-23,26-50H2,1-3H3/b10-7-,18-15-,19-16-,25-24-. The van der Waals surface area contributed by atoms with Crippen molar-refractivity contribution in [1.29, 1.82) is 0 Å². The maximum Gasteiger partial charge on any atom is 0.306 e. The lowest BCUT2D eigenvalue weighted by molar-refractivity contribution is -0.163. The lowest BCUT2D eigenvalue weighted by Crippen LogP contribution is -2.30. The number of unbranched alkanes of at least 4 members (excludes halogenated alkanes) is 27. The summed E-state index contributed by atoms with van der Waals surface area (Å²) in [5.41, 5.74) is 0. The lowest BCUT2D eigenvalue weighted by atomic mass is 10.0. The van der Waals surface area contributed by atoms with E-state index < -0.39 is 6.10 Å². The molecule has 0 radical (unpaired) electrons. The summed E-state index contributed by atoms with van der Waals surface area (Å²) in [6.45, 7) is 7.68. The molecule has 0 fully saturated rings. The van der Waals surface area contributed by atoms with Gasteiger partial charge < -0.3 is 14.2 Å². The van der Waals surface area contributed by atoms with Crippen LogP contribution in [0.15, 0.2) is 48.6 Å². The molecule has 0 aliphatic rings. The van der Waals surface area contributed by atoms with Crippen LogP contribution in [0.1, 0.15) is 252 Å². The highest BCUT2D eigenvalue weighted by Gasteiger charge is 2.17. The number of hydrogen-bond donors (Lipinski definition) is 0. The molecule has 0 saturated carbocycles. The fraction of sp³-hybridized carbons (Fsp3) is 0.811. The summed E-state index contributed by atoms with van der Waals surface area (Å²) in [5, 5.41) is 0. The molecule has 0 rings (SSSR count). The molecule has 1 unspecified atom stereocenters. The molecule has 0 aliphatic heterocycles. The number of carbonyl (C=O) groups excluding carboxylic acids is 2. The number of ether oxygens (including phenoxy) is 3. The van der Waals surface area contributed by atoms with Gasteiger partial charge in [0.05, 0.1) is 6.61 Å². The van der Waals surface area contributed by atoms with Gasteiger partial charge >= 0.3 is 11.9 Å². The summed E-state index contributed by atoms with van der Waals surface area (Å²) in [4.78, 5) is 25.3. The van der Waals surface area contributed by atoms with E-state index in [2.05, 4.69) is 69.4 Å². The van der Waals surface area contributed by atoms with E-state index >= 15 is 0 Å². The SMILES string of the molecule is CC/C=C\C/C=C\C/C=C\CCCCCCCCCCOCC(COC(=O)CCCCCCCCCCCCCCC)OC(=O)CCCCCCC/C=C\CCCC. The van der Waals surface area contributed by atoms with Crippen molar-refractivity contribution in [3.63, 3.8) is 0 Å². The van der Waals surface area contributed by atoms with E-state index in [0.717, 1.165) is 70.6 Å². The van der Waals surface area contributed by atoms with E-state index in [1.165, 1.54) is 148 Å². The smallest absolute Gasteiger partial charge is 0.306 e. The molecule has 5 heteroatoms. The predicted octanol–water partition coefficient (Wildman–Crippen LogP) is 16.8. The predicted molar refractivity (Wildman–Crippen MR) is 251 cm³/mol. The molecule has 0 aromatic heterocycles. The van der Waals surface area contributed by atoms with Crippen molar-refractivity contribution in [2.24, 2.45) is 0 Å². The Labute approximate surface area is 361 Å². The third kappa shape index (κ3) is 46.5. The average Bonchev–Trinajstić information content (AvgIpc) is 3.22. The van der Waals surface area contributed by atoms with Gasteiger partial charge in [0.25, 0.3) is 0 Å². The first-order valence-corrected chi connectivity index (χ1v) is 25.2. The molecule has 0 spiro atoms. The quantitative estimate of drug-likeness (QED) is 0.0348. The third-order valence-electron chi connectivity index (χ3n) is 10.8. The Morgan fingerprint density at radius 2 is 0.793 bits per heavy atom. The van der Waals surface area contributed by atoms with Gasteiger partial charge in [-0.2, -0.15) is 0 Å². The Balaban J connectivity index is 4.22. The minimum Gasteiger partial charge on any atom is -0.462 e. The van der Waals surface area contributed by atoms with Gasteiger partial charge in [-0.1, -0.05) is 217 Å². The summed E-state index contributed by atoms with van der Waals surface area (Å²) in [6.07, 6.45) is 59.7. The fourth-order valence-corrected chi connectivity index (χ4v) is 7.09. The summed E-state index contributed by atoms with van der Waals surface area (Å²) in [6, 6.07) is 0. The number of carbonyl (C=O) groups is 2. The van der Waals surface area contributed by atoms with Gasteiger partial charge in [0.1, 0.15) is 6.61 Å². The van der Waals surface area contributed by atoms with Gasteiger partial charge in [0.2, 0.25) is 0 Å². The van der Waals surface area contributed by atoms with E-state index in [4.69, 9.17) is 14.2 Å². The summed E-state index contributed by atoms with van der Waals surface area (Å²) < 4.78 is 17.4. The second-order valence-electron chi connectivity index (χ2n) is 16.7. The first-order valence-electron chi connectivity index (χ1n) is 25.2. The van der Waals surface area contributed by atoms with Gasteiger partial charge in [-0.15, -0.1) is 0 Å². The van der Waals surface area contributed by atoms with E-state index in [1.54, 1.807) is 0 Å². The molecule has 0 heterocycles. The Hall–Kier alpha value is -2.14. The van der Waals surface area contributed by atoms with Crippen LogP contribution in [0.2, 0.25) is 0 Å². The molecule has 0 N–H and O–H groups in total. The van der Waals surface area contributed by atoms with Crippen LogP contribution in [0.3, 0.4) is 0 Å². The molecule has 58 heavy (non-hydrogen) atoms. The summed E-state index contributed by atoms with van der Waals surface area (Å²) in [5.74, 6) is -0.404. The average molecular weight is 813 g/mol. The Morgan fingerprint density at radius 3 is 1.31 bits per heavy atom. The molecule has 0 aliphatic carbocycles. The zero-order valence-corrected chi connectivity index (χ0v) is 38.8. The van der Waals surface area contributed by atoms with Crippen LogP contribution < -0.4 is 0 Å². The van der Waals surface area contributed by atoms with E-state index in [1.807, 2.05) is 0 Å². The highest BCUT2D eigenvalue weighted by atomic mass is 16.6.